The molecule has 3 aromatic rings. The highest BCUT2D eigenvalue weighted by Crippen LogP contribution is 2.21. The molecule has 1 saturated heterocycles. The van der Waals surface area contributed by atoms with Crippen LogP contribution in [0.3, 0.4) is 0 Å². The van der Waals surface area contributed by atoms with E-state index in [4.69, 9.17) is 0 Å². The van der Waals surface area contributed by atoms with Crippen molar-refractivity contribution < 1.29 is 4.79 Å². The maximum absolute atomic E-state index is 12.7. The van der Waals surface area contributed by atoms with Crippen molar-refractivity contribution in [3.05, 3.63) is 76.1 Å². The van der Waals surface area contributed by atoms with E-state index in [2.05, 4.69) is 14.9 Å². The van der Waals surface area contributed by atoms with Crippen LogP contribution in [0.25, 0.3) is 5.65 Å². The van der Waals surface area contributed by atoms with Gasteiger partial charge in [0.2, 0.25) is 0 Å². The van der Waals surface area contributed by atoms with Gasteiger partial charge in [-0.25, -0.2) is 4.98 Å². The van der Waals surface area contributed by atoms with Crippen LogP contribution in [0.15, 0.2) is 53.6 Å². The number of nitrogens with zero attached hydrogens (tertiary/aromatic N) is 4. The van der Waals surface area contributed by atoms with Gasteiger partial charge < -0.3 is 0 Å². The number of aromatic nitrogens is 3. The molecule has 0 bridgehead atoms. The Morgan fingerprint density at radius 1 is 1.26 bits per heavy atom. The highest BCUT2D eigenvalue weighted by Gasteiger charge is 2.27. The van der Waals surface area contributed by atoms with Crippen molar-refractivity contribution in [2.45, 2.75) is 26.3 Å². The van der Waals surface area contributed by atoms with Crippen LogP contribution in [-0.4, -0.2) is 38.1 Å². The van der Waals surface area contributed by atoms with Crippen LogP contribution in [0.5, 0.6) is 0 Å². The average Bonchev–Trinajstić information content (AvgIpc) is 2.69. The summed E-state index contributed by atoms with van der Waals surface area (Å²) < 4.78 is 1.57. The number of likely N-dealkylation sites (tertiary alicyclic amines) is 1. The van der Waals surface area contributed by atoms with E-state index in [1.165, 1.54) is 0 Å². The number of hydrogen-bond acceptors (Lipinski definition) is 5. The lowest BCUT2D eigenvalue weighted by molar-refractivity contribution is 0.0805. The monoisotopic (exact) mass is 362 g/mol. The normalized spacial score (nSPS) is 17.9. The fraction of sp³-hybridized carbons (Fsp3) is 0.333. The minimum Gasteiger partial charge on any atom is -0.297 e. The van der Waals surface area contributed by atoms with Crippen molar-refractivity contribution in [1.82, 2.24) is 19.3 Å². The van der Waals surface area contributed by atoms with Crippen molar-refractivity contribution in [2.24, 2.45) is 5.92 Å². The summed E-state index contributed by atoms with van der Waals surface area (Å²) in [6.07, 6.45) is 5.22. The first-order valence-electron chi connectivity index (χ1n) is 9.27. The zero-order valence-corrected chi connectivity index (χ0v) is 15.3. The Kier molecular flexibility index (Phi) is 4.81. The molecule has 27 heavy (non-hydrogen) atoms. The smallest absolute Gasteiger partial charge is 0.258 e. The quantitative estimate of drug-likeness (QED) is 0.667. The van der Waals surface area contributed by atoms with Crippen LogP contribution >= 0.6 is 0 Å². The van der Waals surface area contributed by atoms with E-state index in [0.29, 0.717) is 24.4 Å². The average molecular weight is 362 g/mol. The topological polar surface area (TPSA) is 67.6 Å². The Morgan fingerprint density at radius 3 is 2.96 bits per heavy atom. The van der Waals surface area contributed by atoms with Crippen molar-refractivity contribution >= 4 is 11.4 Å². The van der Waals surface area contributed by atoms with E-state index in [9.17, 15) is 9.59 Å². The molecular formula is C21H22N4O2. The van der Waals surface area contributed by atoms with Gasteiger partial charge in [-0.3, -0.25) is 23.9 Å². The molecule has 3 aromatic heterocycles. The van der Waals surface area contributed by atoms with Gasteiger partial charge >= 0.3 is 0 Å². The van der Waals surface area contributed by atoms with E-state index in [0.717, 1.165) is 30.6 Å². The van der Waals surface area contributed by atoms with Gasteiger partial charge in [0.25, 0.3) is 5.56 Å². The molecule has 0 spiro atoms. The summed E-state index contributed by atoms with van der Waals surface area (Å²) in [6.45, 7) is 4.10. The zero-order valence-electron chi connectivity index (χ0n) is 15.3. The minimum atomic E-state index is -0.0724. The number of carbonyl (C=O) groups is 1. The van der Waals surface area contributed by atoms with Gasteiger partial charge in [-0.1, -0.05) is 12.1 Å². The third kappa shape index (κ3) is 3.66. The molecule has 0 saturated carbocycles. The summed E-state index contributed by atoms with van der Waals surface area (Å²) in [5, 5.41) is 0. The molecule has 1 atom stereocenters. The van der Waals surface area contributed by atoms with E-state index in [1.54, 1.807) is 28.9 Å². The van der Waals surface area contributed by atoms with Gasteiger partial charge in [-0.15, -0.1) is 0 Å². The standard InChI is InChI=1S/C21H22N4O2/c1-15-6-4-11-25-19(26)12-17(23-21(15)25)14-24-10-5-7-16(13-24)20(27)18-8-2-3-9-22-18/h2-4,6,8-9,11-12,16H,5,7,10,13-14H2,1H3/t16-/m0/s1. The first-order valence-corrected chi connectivity index (χ1v) is 9.27. The summed E-state index contributed by atoms with van der Waals surface area (Å²) >= 11 is 0. The van der Waals surface area contributed by atoms with Crippen LogP contribution in [0.2, 0.25) is 0 Å². The molecule has 0 unspecified atom stereocenters. The zero-order chi connectivity index (χ0) is 18.8. The van der Waals surface area contributed by atoms with Gasteiger partial charge in [0.05, 0.1) is 5.69 Å². The Hall–Kier alpha value is -2.86. The largest absolute Gasteiger partial charge is 0.297 e. The van der Waals surface area contributed by atoms with Crippen LogP contribution in [0, 0.1) is 12.8 Å². The molecule has 4 heterocycles. The van der Waals surface area contributed by atoms with Gasteiger partial charge in [0, 0.05) is 37.5 Å². The lowest BCUT2D eigenvalue weighted by Gasteiger charge is -2.31. The number of hydrogen-bond donors (Lipinski definition) is 0. The summed E-state index contributed by atoms with van der Waals surface area (Å²) in [5.41, 5.74) is 2.87. The maximum Gasteiger partial charge on any atom is 0.258 e. The molecule has 0 amide bonds. The van der Waals surface area contributed by atoms with Gasteiger partial charge in [0.1, 0.15) is 11.3 Å². The predicted molar refractivity (Wildman–Crippen MR) is 103 cm³/mol. The van der Waals surface area contributed by atoms with Crippen molar-refractivity contribution in [2.75, 3.05) is 13.1 Å². The molecule has 138 valence electrons. The second-order valence-electron chi connectivity index (χ2n) is 7.12. The summed E-state index contributed by atoms with van der Waals surface area (Å²) in [4.78, 5) is 36.2. The highest BCUT2D eigenvalue weighted by atomic mass is 16.1. The van der Waals surface area contributed by atoms with Crippen molar-refractivity contribution in [3.63, 3.8) is 0 Å². The van der Waals surface area contributed by atoms with Crippen LogP contribution in [0.1, 0.15) is 34.6 Å². The maximum atomic E-state index is 12.7. The van der Waals surface area contributed by atoms with E-state index in [1.807, 2.05) is 31.2 Å². The summed E-state index contributed by atoms with van der Waals surface area (Å²) in [7, 11) is 0. The predicted octanol–water partition coefficient (Wildman–Crippen LogP) is 2.49. The number of rotatable bonds is 4. The lowest BCUT2D eigenvalue weighted by Crippen LogP contribution is -2.39. The first-order chi connectivity index (χ1) is 13.1. The van der Waals surface area contributed by atoms with E-state index in [-0.39, 0.29) is 17.3 Å². The van der Waals surface area contributed by atoms with Crippen molar-refractivity contribution in [1.29, 1.82) is 0 Å². The molecule has 1 aliphatic heterocycles. The molecule has 1 aliphatic rings. The molecule has 1 fully saturated rings. The third-order valence-electron chi connectivity index (χ3n) is 5.12. The summed E-state index contributed by atoms with van der Waals surface area (Å²) in [5.74, 6) is 0.0413. The Bertz CT molecular complexity index is 1030. The number of carbonyl (C=O) groups excluding carboxylic acids is 1. The minimum absolute atomic E-state index is 0.0584. The van der Waals surface area contributed by atoms with E-state index >= 15 is 0 Å². The van der Waals surface area contributed by atoms with E-state index < -0.39 is 0 Å². The molecule has 6 nitrogen and oxygen atoms in total. The first kappa shape index (κ1) is 17.5. The third-order valence-corrected chi connectivity index (χ3v) is 5.12. The second kappa shape index (κ2) is 7.40. The lowest BCUT2D eigenvalue weighted by atomic mass is 9.92. The second-order valence-corrected chi connectivity index (χ2v) is 7.12. The van der Waals surface area contributed by atoms with Gasteiger partial charge in [-0.2, -0.15) is 0 Å². The van der Waals surface area contributed by atoms with Crippen LogP contribution in [0.4, 0.5) is 0 Å². The Balaban J connectivity index is 1.53. The fourth-order valence-electron chi connectivity index (χ4n) is 3.75. The number of fused-ring (bicyclic) bond motifs is 1. The number of ketones is 1. The number of aryl methyl sites for hydroxylation is 1. The molecule has 0 radical (unpaired) electrons. The fourth-order valence-corrected chi connectivity index (χ4v) is 3.75. The molecule has 0 aromatic carbocycles. The van der Waals surface area contributed by atoms with Crippen molar-refractivity contribution in [3.8, 4) is 0 Å². The SMILES string of the molecule is Cc1cccn2c(=O)cc(CN3CCC[C@H](C(=O)c4ccccn4)C3)nc12. The number of pyridine rings is 2. The highest BCUT2D eigenvalue weighted by molar-refractivity contribution is 5.96. The molecule has 6 heteroatoms. The number of piperidine rings is 1. The van der Waals surface area contributed by atoms with Crippen LogP contribution < -0.4 is 5.56 Å². The number of Topliss-reactive ketones (excluding diaryl/α,β-unsaturated/α-hetero) is 1. The summed E-state index contributed by atoms with van der Waals surface area (Å²) in [6, 6.07) is 10.8. The van der Waals surface area contributed by atoms with Gasteiger partial charge in [-0.05, 0) is 50.1 Å². The van der Waals surface area contributed by atoms with Crippen LogP contribution in [-0.2, 0) is 6.54 Å². The Morgan fingerprint density at radius 2 is 2.15 bits per heavy atom. The molecule has 0 N–H and O–H groups in total. The molecule has 0 aliphatic carbocycles. The molecular weight excluding hydrogens is 340 g/mol. The van der Waals surface area contributed by atoms with Gasteiger partial charge in [0.15, 0.2) is 5.78 Å². The molecule has 4 rings (SSSR count). The Labute approximate surface area is 157 Å².